The van der Waals surface area contributed by atoms with E-state index in [1.54, 1.807) is 36.1 Å². The fraction of sp³-hybridized carbons (Fsp3) is 0.533. The van der Waals surface area contributed by atoms with E-state index in [9.17, 15) is 13.2 Å². The third-order valence-corrected chi connectivity index (χ3v) is 4.94. The van der Waals surface area contributed by atoms with Gasteiger partial charge in [0.15, 0.2) is 0 Å². The molecule has 0 saturated carbocycles. The van der Waals surface area contributed by atoms with Gasteiger partial charge in [0.2, 0.25) is 15.9 Å². The summed E-state index contributed by atoms with van der Waals surface area (Å²) in [6.07, 6.45) is 0. The summed E-state index contributed by atoms with van der Waals surface area (Å²) in [7, 11) is 0.318. The lowest BCUT2D eigenvalue weighted by molar-refractivity contribution is -0.128. The molecule has 0 spiro atoms. The SMILES string of the molecule is CC(=O)N(CCNS(=O)(=O)c1ccccc1C)CCN(C)C. The number of benzene rings is 1. The molecule has 0 aliphatic carbocycles. The summed E-state index contributed by atoms with van der Waals surface area (Å²) in [5, 5.41) is 0. The molecule has 22 heavy (non-hydrogen) atoms. The molecule has 1 rings (SSSR count). The van der Waals surface area contributed by atoms with Gasteiger partial charge in [0.25, 0.3) is 0 Å². The van der Waals surface area contributed by atoms with Crippen LogP contribution in [0.15, 0.2) is 29.2 Å². The number of likely N-dealkylation sites (N-methyl/N-ethyl adjacent to an activating group) is 1. The van der Waals surface area contributed by atoms with Crippen molar-refractivity contribution in [2.75, 3.05) is 40.3 Å². The van der Waals surface area contributed by atoms with Crippen LogP contribution >= 0.6 is 0 Å². The third kappa shape index (κ3) is 5.75. The van der Waals surface area contributed by atoms with E-state index in [1.165, 1.54) is 6.92 Å². The van der Waals surface area contributed by atoms with Crippen molar-refractivity contribution in [3.63, 3.8) is 0 Å². The standard InChI is InChI=1S/C15H25N3O3S/c1-13-7-5-6-8-15(13)22(20,21)16-9-10-18(14(2)19)12-11-17(3)4/h5-8,16H,9-12H2,1-4H3. The molecule has 0 atom stereocenters. The molecule has 6 nitrogen and oxygen atoms in total. The van der Waals surface area contributed by atoms with E-state index < -0.39 is 10.0 Å². The Labute approximate surface area is 133 Å². The Hall–Kier alpha value is -1.44. The quantitative estimate of drug-likeness (QED) is 0.762. The number of nitrogens with zero attached hydrogens (tertiary/aromatic N) is 2. The van der Waals surface area contributed by atoms with Gasteiger partial charge in [-0.25, -0.2) is 13.1 Å². The van der Waals surface area contributed by atoms with Crippen LogP contribution in [0.3, 0.4) is 0 Å². The van der Waals surface area contributed by atoms with Crippen molar-refractivity contribution in [2.24, 2.45) is 0 Å². The average molecular weight is 327 g/mol. The van der Waals surface area contributed by atoms with Crippen LogP contribution < -0.4 is 4.72 Å². The van der Waals surface area contributed by atoms with Crippen molar-refractivity contribution in [1.82, 2.24) is 14.5 Å². The topological polar surface area (TPSA) is 69.7 Å². The zero-order chi connectivity index (χ0) is 16.8. The molecule has 124 valence electrons. The van der Waals surface area contributed by atoms with E-state index in [1.807, 2.05) is 19.0 Å². The number of carbonyl (C=O) groups is 1. The van der Waals surface area contributed by atoms with Crippen LogP contribution in [0, 0.1) is 6.92 Å². The second kappa shape index (κ2) is 8.26. The lowest BCUT2D eigenvalue weighted by Gasteiger charge is -2.23. The maximum Gasteiger partial charge on any atom is 0.240 e. The Balaban J connectivity index is 2.61. The van der Waals surface area contributed by atoms with Gasteiger partial charge in [-0.15, -0.1) is 0 Å². The van der Waals surface area contributed by atoms with Gasteiger partial charge < -0.3 is 9.80 Å². The molecule has 1 aromatic carbocycles. The summed E-state index contributed by atoms with van der Waals surface area (Å²) in [5.74, 6) is -0.0584. The van der Waals surface area contributed by atoms with Gasteiger partial charge in [-0.3, -0.25) is 4.79 Å². The Morgan fingerprint density at radius 3 is 2.32 bits per heavy atom. The second-order valence-electron chi connectivity index (χ2n) is 5.47. The van der Waals surface area contributed by atoms with Gasteiger partial charge >= 0.3 is 0 Å². The fourth-order valence-electron chi connectivity index (χ4n) is 2.00. The van der Waals surface area contributed by atoms with Crippen molar-refractivity contribution in [3.8, 4) is 0 Å². The molecule has 1 amide bonds. The first kappa shape index (κ1) is 18.6. The predicted molar refractivity (Wildman–Crippen MR) is 87.2 cm³/mol. The van der Waals surface area contributed by atoms with Crippen LogP contribution in [-0.4, -0.2) is 64.4 Å². The molecule has 1 N–H and O–H groups in total. The predicted octanol–water partition coefficient (Wildman–Crippen LogP) is 0.683. The Bertz CT molecular complexity index is 600. The van der Waals surface area contributed by atoms with Gasteiger partial charge in [0.05, 0.1) is 4.90 Å². The molecule has 0 unspecified atom stereocenters. The van der Waals surface area contributed by atoms with Crippen molar-refractivity contribution >= 4 is 15.9 Å². The fourth-order valence-corrected chi connectivity index (χ4v) is 3.26. The Morgan fingerprint density at radius 2 is 1.77 bits per heavy atom. The van der Waals surface area contributed by atoms with Crippen LogP contribution in [0.5, 0.6) is 0 Å². The number of sulfonamides is 1. The van der Waals surface area contributed by atoms with Crippen LogP contribution in [-0.2, 0) is 14.8 Å². The van der Waals surface area contributed by atoms with E-state index in [0.717, 1.165) is 6.54 Å². The average Bonchev–Trinajstić information content (AvgIpc) is 2.42. The molecule has 0 radical (unpaired) electrons. The minimum absolute atomic E-state index is 0.0584. The molecular formula is C15H25N3O3S. The number of hydrogen-bond donors (Lipinski definition) is 1. The van der Waals surface area contributed by atoms with Gasteiger partial charge in [-0.05, 0) is 32.6 Å². The van der Waals surface area contributed by atoms with Crippen LogP contribution in [0.2, 0.25) is 0 Å². The highest BCUT2D eigenvalue weighted by molar-refractivity contribution is 7.89. The summed E-state index contributed by atoms with van der Waals surface area (Å²) in [6, 6.07) is 6.83. The summed E-state index contributed by atoms with van der Waals surface area (Å²) < 4.78 is 27.0. The number of amides is 1. The first-order chi connectivity index (χ1) is 10.2. The van der Waals surface area contributed by atoms with E-state index in [2.05, 4.69) is 4.72 Å². The molecule has 7 heteroatoms. The van der Waals surface area contributed by atoms with Gasteiger partial charge in [-0.2, -0.15) is 0 Å². The summed E-state index contributed by atoms with van der Waals surface area (Å²) >= 11 is 0. The van der Waals surface area contributed by atoms with E-state index >= 15 is 0 Å². The smallest absolute Gasteiger partial charge is 0.240 e. The Kier molecular flexibility index (Phi) is 6.99. The molecule has 0 fully saturated rings. The zero-order valence-electron chi connectivity index (χ0n) is 13.7. The summed E-state index contributed by atoms with van der Waals surface area (Å²) in [6.45, 7) is 5.12. The molecule has 0 saturated heterocycles. The molecule has 0 aromatic heterocycles. The number of rotatable bonds is 8. The minimum Gasteiger partial charge on any atom is -0.340 e. The highest BCUT2D eigenvalue weighted by Crippen LogP contribution is 2.13. The maximum absolute atomic E-state index is 12.2. The highest BCUT2D eigenvalue weighted by atomic mass is 32.2. The largest absolute Gasteiger partial charge is 0.340 e. The maximum atomic E-state index is 12.2. The molecule has 0 bridgehead atoms. The van der Waals surface area contributed by atoms with Crippen molar-refractivity contribution in [2.45, 2.75) is 18.7 Å². The molecule has 0 heterocycles. The number of nitrogens with one attached hydrogen (secondary N) is 1. The third-order valence-electron chi connectivity index (χ3n) is 3.32. The van der Waals surface area contributed by atoms with Crippen molar-refractivity contribution in [3.05, 3.63) is 29.8 Å². The van der Waals surface area contributed by atoms with Crippen molar-refractivity contribution < 1.29 is 13.2 Å². The minimum atomic E-state index is -3.54. The van der Waals surface area contributed by atoms with Gasteiger partial charge in [0.1, 0.15) is 0 Å². The highest BCUT2D eigenvalue weighted by Gasteiger charge is 2.16. The van der Waals surface area contributed by atoms with Crippen LogP contribution in [0.4, 0.5) is 0 Å². The van der Waals surface area contributed by atoms with Crippen LogP contribution in [0.1, 0.15) is 12.5 Å². The first-order valence-electron chi connectivity index (χ1n) is 7.19. The first-order valence-corrected chi connectivity index (χ1v) is 8.68. The Morgan fingerprint density at radius 1 is 1.14 bits per heavy atom. The normalized spacial score (nSPS) is 11.7. The van der Waals surface area contributed by atoms with E-state index in [-0.39, 0.29) is 17.3 Å². The van der Waals surface area contributed by atoms with E-state index in [0.29, 0.717) is 18.7 Å². The lowest BCUT2D eigenvalue weighted by atomic mass is 10.2. The van der Waals surface area contributed by atoms with E-state index in [4.69, 9.17) is 0 Å². The molecular weight excluding hydrogens is 302 g/mol. The van der Waals surface area contributed by atoms with Crippen LogP contribution in [0.25, 0.3) is 0 Å². The summed E-state index contributed by atoms with van der Waals surface area (Å²) in [5.41, 5.74) is 0.700. The zero-order valence-corrected chi connectivity index (χ0v) is 14.5. The number of hydrogen-bond acceptors (Lipinski definition) is 4. The number of aryl methyl sites for hydroxylation is 1. The molecule has 0 aliphatic heterocycles. The molecule has 0 aliphatic rings. The second-order valence-corrected chi connectivity index (χ2v) is 7.21. The summed E-state index contributed by atoms with van der Waals surface area (Å²) in [4.78, 5) is 15.5. The van der Waals surface area contributed by atoms with Crippen molar-refractivity contribution in [1.29, 1.82) is 0 Å². The number of carbonyl (C=O) groups excluding carboxylic acids is 1. The van der Waals surface area contributed by atoms with Gasteiger partial charge in [0, 0.05) is 33.1 Å². The lowest BCUT2D eigenvalue weighted by Crippen LogP contribution is -2.40. The monoisotopic (exact) mass is 327 g/mol. The molecule has 1 aromatic rings. The van der Waals surface area contributed by atoms with Gasteiger partial charge in [-0.1, -0.05) is 18.2 Å².